The summed E-state index contributed by atoms with van der Waals surface area (Å²) in [5.74, 6) is 1.90. The molecular formula is C32H54O4. The molecule has 0 bridgehead atoms. The first-order valence-electron chi connectivity index (χ1n) is 14.6. The van der Waals surface area contributed by atoms with Crippen LogP contribution in [0.1, 0.15) is 118 Å². The van der Waals surface area contributed by atoms with E-state index < -0.39 is 23.4 Å². The molecular weight excluding hydrogens is 448 g/mol. The van der Waals surface area contributed by atoms with Crippen LogP contribution in [0, 0.1) is 23.2 Å². The average molecular weight is 503 g/mol. The first kappa shape index (κ1) is 29.6. The Bertz CT molecular complexity index is 791. The zero-order chi connectivity index (χ0) is 26.7. The lowest BCUT2D eigenvalue weighted by molar-refractivity contribution is 0.0480. The van der Waals surface area contributed by atoms with E-state index >= 15 is 0 Å². The zero-order valence-electron chi connectivity index (χ0n) is 23.7. The first-order valence-corrected chi connectivity index (χ1v) is 14.6. The van der Waals surface area contributed by atoms with Crippen LogP contribution in [0.25, 0.3) is 0 Å². The van der Waals surface area contributed by atoms with Gasteiger partial charge >= 0.3 is 0 Å². The molecule has 1 unspecified atom stereocenters. The SMILES string of the molecule is C=C1/C(=C/C=C2\CCC[C@]3(C)[C@@H](C(CCCC(C)(C)O)CCCC(C)(C)O)CC[C@@H]23)C[C@@H](O)CC1O. The third kappa shape index (κ3) is 7.79. The van der Waals surface area contributed by atoms with Gasteiger partial charge in [0.25, 0.3) is 0 Å². The predicted octanol–water partition coefficient (Wildman–Crippen LogP) is 6.63. The third-order valence-corrected chi connectivity index (χ3v) is 9.60. The molecule has 0 saturated heterocycles. The van der Waals surface area contributed by atoms with Crippen molar-refractivity contribution in [3.05, 3.63) is 35.5 Å². The third-order valence-electron chi connectivity index (χ3n) is 9.60. The van der Waals surface area contributed by atoms with E-state index in [1.807, 2.05) is 27.7 Å². The molecule has 4 N–H and O–H groups in total. The van der Waals surface area contributed by atoms with Crippen molar-refractivity contribution in [1.29, 1.82) is 0 Å². The van der Waals surface area contributed by atoms with Crippen LogP contribution >= 0.6 is 0 Å². The number of allylic oxidation sites excluding steroid dienone is 3. The number of fused-ring (bicyclic) bond motifs is 1. The summed E-state index contributed by atoms with van der Waals surface area (Å²) < 4.78 is 0. The summed E-state index contributed by atoms with van der Waals surface area (Å²) in [4.78, 5) is 0. The van der Waals surface area contributed by atoms with Gasteiger partial charge < -0.3 is 20.4 Å². The van der Waals surface area contributed by atoms with E-state index in [1.54, 1.807) is 0 Å². The molecule has 5 atom stereocenters. The Labute approximate surface area is 220 Å². The number of rotatable bonds is 10. The van der Waals surface area contributed by atoms with Crippen LogP contribution in [0.5, 0.6) is 0 Å². The van der Waals surface area contributed by atoms with Crippen molar-refractivity contribution in [2.75, 3.05) is 0 Å². The predicted molar refractivity (Wildman–Crippen MR) is 149 cm³/mol. The molecule has 0 amide bonds. The summed E-state index contributed by atoms with van der Waals surface area (Å²) in [6.07, 6.45) is 16.5. The van der Waals surface area contributed by atoms with Gasteiger partial charge in [-0.05, 0) is 113 Å². The highest BCUT2D eigenvalue weighted by molar-refractivity contribution is 5.38. The van der Waals surface area contributed by atoms with Gasteiger partial charge in [-0.3, -0.25) is 0 Å². The second-order valence-corrected chi connectivity index (χ2v) is 13.8. The lowest BCUT2D eigenvalue weighted by Gasteiger charge is -2.45. The highest BCUT2D eigenvalue weighted by Gasteiger charge is 2.51. The lowest BCUT2D eigenvalue weighted by atomic mass is 9.60. The molecule has 0 aromatic rings. The maximum absolute atomic E-state index is 10.3. The standard InChI is InChI=1S/C32H54O4/c1-22-25(20-26(33)21-29(22)34)14-13-24-12-9-19-32(6)27(15-16-28(24)32)23(10-7-17-30(2,3)35)11-8-18-31(4,5)36/h13-14,23,26-29,33-36H,1,7-12,15-21H2,2-6H3/b24-13+,25-14+/t26-,27-,28+,29?,32-/m1/s1. The van der Waals surface area contributed by atoms with Crippen LogP contribution in [0.4, 0.5) is 0 Å². The summed E-state index contributed by atoms with van der Waals surface area (Å²) in [7, 11) is 0. The Balaban J connectivity index is 1.77. The molecule has 3 aliphatic rings. The van der Waals surface area contributed by atoms with E-state index in [9.17, 15) is 20.4 Å². The second-order valence-electron chi connectivity index (χ2n) is 13.8. The molecule has 206 valence electrons. The first-order chi connectivity index (χ1) is 16.7. The van der Waals surface area contributed by atoms with Crippen molar-refractivity contribution in [3.63, 3.8) is 0 Å². The minimum atomic E-state index is -0.639. The number of hydrogen-bond acceptors (Lipinski definition) is 4. The van der Waals surface area contributed by atoms with Gasteiger partial charge in [0.1, 0.15) is 0 Å². The number of aliphatic hydroxyl groups is 4. The Hall–Kier alpha value is -0.940. The van der Waals surface area contributed by atoms with Crippen molar-refractivity contribution in [3.8, 4) is 0 Å². The molecule has 0 aromatic carbocycles. The molecule has 0 heterocycles. The normalized spacial score (nSPS) is 34.1. The number of hydrogen-bond donors (Lipinski definition) is 4. The molecule has 3 fully saturated rings. The van der Waals surface area contributed by atoms with Crippen LogP contribution in [0.15, 0.2) is 35.5 Å². The van der Waals surface area contributed by atoms with E-state index in [0.717, 1.165) is 56.1 Å². The maximum atomic E-state index is 10.3. The molecule has 3 saturated carbocycles. The fourth-order valence-electron chi connectivity index (χ4n) is 7.66. The molecule has 0 spiro atoms. The summed E-state index contributed by atoms with van der Waals surface area (Å²) in [5.41, 5.74) is 2.36. The molecule has 4 nitrogen and oxygen atoms in total. The largest absolute Gasteiger partial charge is 0.393 e. The zero-order valence-corrected chi connectivity index (χ0v) is 23.7. The highest BCUT2D eigenvalue weighted by atomic mass is 16.3. The fourth-order valence-corrected chi connectivity index (χ4v) is 7.66. The Morgan fingerprint density at radius 2 is 1.61 bits per heavy atom. The van der Waals surface area contributed by atoms with Gasteiger partial charge in [-0.2, -0.15) is 0 Å². The van der Waals surface area contributed by atoms with E-state index in [2.05, 4.69) is 25.7 Å². The Morgan fingerprint density at radius 1 is 1.00 bits per heavy atom. The molecule has 0 radical (unpaired) electrons. The summed E-state index contributed by atoms with van der Waals surface area (Å²) >= 11 is 0. The van der Waals surface area contributed by atoms with E-state index in [0.29, 0.717) is 36.0 Å². The molecule has 3 rings (SSSR count). The maximum Gasteiger partial charge on any atom is 0.0811 e. The van der Waals surface area contributed by atoms with Crippen LogP contribution in [-0.4, -0.2) is 43.8 Å². The lowest BCUT2D eigenvalue weighted by Crippen LogP contribution is -2.37. The van der Waals surface area contributed by atoms with Crippen LogP contribution in [0.3, 0.4) is 0 Å². The quantitative estimate of drug-likeness (QED) is 0.270. The molecule has 36 heavy (non-hydrogen) atoms. The second kappa shape index (κ2) is 11.8. The van der Waals surface area contributed by atoms with Crippen LogP contribution in [-0.2, 0) is 0 Å². The van der Waals surface area contributed by atoms with Gasteiger partial charge in [-0.15, -0.1) is 0 Å². The Kier molecular flexibility index (Phi) is 9.74. The minimum absolute atomic E-state index is 0.291. The molecule has 0 aromatic heterocycles. The van der Waals surface area contributed by atoms with Crippen molar-refractivity contribution in [2.45, 2.75) is 141 Å². The Morgan fingerprint density at radius 3 is 2.19 bits per heavy atom. The van der Waals surface area contributed by atoms with Gasteiger partial charge in [0.15, 0.2) is 0 Å². The average Bonchev–Trinajstić information content (AvgIpc) is 3.10. The summed E-state index contributed by atoms with van der Waals surface area (Å²) in [6, 6.07) is 0. The monoisotopic (exact) mass is 502 g/mol. The van der Waals surface area contributed by atoms with Gasteiger partial charge in [0.05, 0.1) is 23.4 Å². The van der Waals surface area contributed by atoms with Gasteiger partial charge in [0, 0.05) is 6.42 Å². The van der Waals surface area contributed by atoms with Crippen LogP contribution in [0.2, 0.25) is 0 Å². The fraction of sp³-hybridized carbons (Fsp3) is 0.812. The number of aliphatic hydroxyl groups excluding tert-OH is 2. The van der Waals surface area contributed by atoms with Gasteiger partial charge in [0.2, 0.25) is 0 Å². The van der Waals surface area contributed by atoms with Gasteiger partial charge in [-0.1, -0.05) is 56.9 Å². The van der Waals surface area contributed by atoms with Crippen molar-refractivity contribution in [2.24, 2.45) is 23.2 Å². The summed E-state index contributed by atoms with van der Waals surface area (Å²) in [6.45, 7) is 14.3. The topological polar surface area (TPSA) is 80.9 Å². The minimum Gasteiger partial charge on any atom is -0.393 e. The van der Waals surface area contributed by atoms with Gasteiger partial charge in [-0.25, -0.2) is 0 Å². The van der Waals surface area contributed by atoms with Crippen molar-refractivity contribution >= 4 is 0 Å². The van der Waals surface area contributed by atoms with E-state index in [-0.39, 0.29) is 0 Å². The highest BCUT2D eigenvalue weighted by Crippen LogP contribution is 2.60. The van der Waals surface area contributed by atoms with E-state index in [4.69, 9.17) is 0 Å². The molecule has 3 aliphatic carbocycles. The van der Waals surface area contributed by atoms with Crippen molar-refractivity contribution in [1.82, 2.24) is 0 Å². The van der Waals surface area contributed by atoms with Crippen LogP contribution < -0.4 is 0 Å². The van der Waals surface area contributed by atoms with Crippen molar-refractivity contribution < 1.29 is 20.4 Å². The van der Waals surface area contributed by atoms with E-state index in [1.165, 1.54) is 31.3 Å². The summed E-state index contributed by atoms with van der Waals surface area (Å²) in [5, 5.41) is 40.9. The molecule has 0 aliphatic heterocycles. The smallest absolute Gasteiger partial charge is 0.0811 e. The molecule has 4 heteroatoms.